The molecule has 0 bridgehead atoms. The zero-order valence-electron chi connectivity index (χ0n) is 16.6. The second-order valence-electron chi connectivity index (χ2n) is 7.47. The SMILES string of the molecule is CN(C)[C@H](CNC(=O)[C@@H]1CC(=O)N(c2ccc3c(c2)OCCO3)C1)c1ccco1. The highest BCUT2D eigenvalue weighted by molar-refractivity contribution is 6.00. The number of benzene rings is 1. The van der Waals surface area contributed by atoms with E-state index in [9.17, 15) is 9.59 Å². The summed E-state index contributed by atoms with van der Waals surface area (Å²) in [5.41, 5.74) is 0.719. The van der Waals surface area contributed by atoms with E-state index in [4.69, 9.17) is 13.9 Å². The van der Waals surface area contributed by atoms with Gasteiger partial charge in [-0.15, -0.1) is 0 Å². The molecule has 0 unspecified atom stereocenters. The van der Waals surface area contributed by atoms with Crippen LogP contribution in [0.4, 0.5) is 5.69 Å². The number of likely N-dealkylation sites (N-methyl/N-ethyl adjacent to an activating group) is 1. The Morgan fingerprint density at radius 2 is 2.03 bits per heavy atom. The van der Waals surface area contributed by atoms with Gasteiger partial charge in [0.05, 0.1) is 18.2 Å². The van der Waals surface area contributed by atoms with Crippen molar-refractivity contribution in [2.75, 3.05) is 45.3 Å². The molecule has 8 nitrogen and oxygen atoms in total. The van der Waals surface area contributed by atoms with Crippen molar-refractivity contribution in [3.63, 3.8) is 0 Å². The molecule has 1 aromatic heterocycles. The number of fused-ring (bicyclic) bond motifs is 1. The van der Waals surface area contributed by atoms with E-state index in [0.29, 0.717) is 37.8 Å². The van der Waals surface area contributed by atoms with Gasteiger partial charge in [-0.1, -0.05) is 0 Å². The number of nitrogens with zero attached hydrogens (tertiary/aromatic N) is 2. The van der Waals surface area contributed by atoms with Gasteiger partial charge in [0, 0.05) is 31.3 Å². The summed E-state index contributed by atoms with van der Waals surface area (Å²) < 4.78 is 16.6. The van der Waals surface area contributed by atoms with Crippen molar-refractivity contribution < 1.29 is 23.5 Å². The Morgan fingerprint density at radius 1 is 1.24 bits per heavy atom. The Hall–Kier alpha value is -3.00. The van der Waals surface area contributed by atoms with E-state index < -0.39 is 5.92 Å². The van der Waals surface area contributed by atoms with Gasteiger partial charge in [0.2, 0.25) is 11.8 Å². The lowest BCUT2D eigenvalue weighted by Crippen LogP contribution is -2.38. The van der Waals surface area contributed by atoms with Crippen LogP contribution in [0.15, 0.2) is 41.0 Å². The number of ether oxygens (including phenoxy) is 2. The third kappa shape index (κ3) is 4.07. The van der Waals surface area contributed by atoms with Gasteiger partial charge in [-0.3, -0.25) is 14.5 Å². The zero-order chi connectivity index (χ0) is 20.4. The van der Waals surface area contributed by atoms with Gasteiger partial charge in [0.25, 0.3) is 0 Å². The number of hydrogen-bond donors (Lipinski definition) is 1. The fraction of sp³-hybridized carbons (Fsp3) is 0.429. The van der Waals surface area contributed by atoms with Crippen molar-refractivity contribution >= 4 is 17.5 Å². The maximum absolute atomic E-state index is 12.7. The summed E-state index contributed by atoms with van der Waals surface area (Å²) in [6, 6.07) is 9.07. The maximum Gasteiger partial charge on any atom is 0.227 e. The van der Waals surface area contributed by atoms with Crippen LogP contribution in [0, 0.1) is 5.92 Å². The molecule has 2 amide bonds. The van der Waals surface area contributed by atoms with Gasteiger partial charge in [-0.05, 0) is 38.4 Å². The Bertz CT molecular complexity index is 880. The Balaban J connectivity index is 1.39. The summed E-state index contributed by atoms with van der Waals surface area (Å²) in [6.45, 7) is 1.76. The highest BCUT2D eigenvalue weighted by Gasteiger charge is 2.36. The predicted molar refractivity (Wildman–Crippen MR) is 106 cm³/mol. The molecule has 2 aliphatic rings. The van der Waals surface area contributed by atoms with Crippen LogP contribution in [0.2, 0.25) is 0 Å². The van der Waals surface area contributed by atoms with Gasteiger partial charge in [-0.25, -0.2) is 0 Å². The Labute approximate surface area is 169 Å². The number of hydrogen-bond acceptors (Lipinski definition) is 6. The van der Waals surface area contributed by atoms with Gasteiger partial charge in [-0.2, -0.15) is 0 Å². The quantitative estimate of drug-likeness (QED) is 0.798. The number of carbonyl (C=O) groups excluding carboxylic acids is 2. The van der Waals surface area contributed by atoms with Gasteiger partial charge < -0.3 is 24.1 Å². The van der Waals surface area contributed by atoms with E-state index >= 15 is 0 Å². The van der Waals surface area contributed by atoms with Crippen molar-refractivity contribution in [2.24, 2.45) is 5.92 Å². The first-order valence-electron chi connectivity index (χ1n) is 9.70. The minimum Gasteiger partial charge on any atom is -0.486 e. The minimum absolute atomic E-state index is 0.0695. The monoisotopic (exact) mass is 399 g/mol. The van der Waals surface area contributed by atoms with E-state index in [2.05, 4.69) is 5.32 Å². The van der Waals surface area contributed by atoms with E-state index in [1.807, 2.05) is 37.2 Å². The number of furan rings is 1. The summed E-state index contributed by atoms with van der Waals surface area (Å²) in [7, 11) is 3.87. The lowest BCUT2D eigenvalue weighted by atomic mass is 10.1. The number of amides is 2. The molecule has 1 N–H and O–H groups in total. The molecule has 3 heterocycles. The Morgan fingerprint density at radius 3 is 2.76 bits per heavy atom. The summed E-state index contributed by atoms with van der Waals surface area (Å²) in [4.78, 5) is 28.9. The van der Waals surface area contributed by atoms with Crippen molar-refractivity contribution in [1.29, 1.82) is 0 Å². The number of nitrogens with one attached hydrogen (secondary N) is 1. The highest BCUT2D eigenvalue weighted by atomic mass is 16.6. The van der Waals surface area contributed by atoms with Crippen LogP contribution in [-0.4, -0.2) is 57.1 Å². The van der Waals surface area contributed by atoms with Gasteiger partial charge >= 0.3 is 0 Å². The lowest BCUT2D eigenvalue weighted by molar-refractivity contribution is -0.126. The average molecular weight is 399 g/mol. The van der Waals surface area contributed by atoms with Gasteiger partial charge in [0.15, 0.2) is 11.5 Å². The molecule has 8 heteroatoms. The zero-order valence-corrected chi connectivity index (χ0v) is 16.6. The van der Waals surface area contributed by atoms with E-state index in [1.54, 1.807) is 23.3 Å². The van der Waals surface area contributed by atoms with Crippen molar-refractivity contribution in [2.45, 2.75) is 12.5 Å². The molecule has 0 spiro atoms. The van der Waals surface area contributed by atoms with Crippen LogP contribution in [0.25, 0.3) is 0 Å². The van der Waals surface area contributed by atoms with Crippen molar-refractivity contribution in [3.8, 4) is 11.5 Å². The molecular formula is C21H25N3O5. The van der Waals surface area contributed by atoms with E-state index in [0.717, 1.165) is 11.4 Å². The predicted octanol–water partition coefficient (Wildman–Crippen LogP) is 1.82. The maximum atomic E-state index is 12.7. The third-order valence-corrected chi connectivity index (χ3v) is 5.30. The normalized spacial score (nSPS) is 19.5. The van der Waals surface area contributed by atoms with E-state index in [-0.39, 0.29) is 24.3 Å². The van der Waals surface area contributed by atoms with Crippen molar-refractivity contribution in [1.82, 2.24) is 10.2 Å². The topological polar surface area (TPSA) is 84.3 Å². The second kappa shape index (κ2) is 8.16. The third-order valence-electron chi connectivity index (χ3n) is 5.30. The fourth-order valence-corrected chi connectivity index (χ4v) is 3.69. The average Bonchev–Trinajstić information content (AvgIpc) is 3.37. The molecular weight excluding hydrogens is 374 g/mol. The molecule has 2 aromatic rings. The first kappa shape index (κ1) is 19.3. The van der Waals surface area contributed by atoms with E-state index in [1.165, 1.54) is 0 Å². The Kier molecular flexibility index (Phi) is 5.44. The molecule has 4 rings (SSSR count). The molecule has 0 saturated carbocycles. The molecule has 29 heavy (non-hydrogen) atoms. The molecule has 0 aliphatic carbocycles. The first-order valence-corrected chi connectivity index (χ1v) is 9.70. The smallest absolute Gasteiger partial charge is 0.227 e. The molecule has 1 saturated heterocycles. The molecule has 1 fully saturated rings. The lowest BCUT2D eigenvalue weighted by Gasteiger charge is -2.24. The molecule has 2 atom stereocenters. The van der Waals surface area contributed by atoms with Crippen LogP contribution in [0.1, 0.15) is 18.2 Å². The molecule has 1 aromatic carbocycles. The second-order valence-corrected chi connectivity index (χ2v) is 7.47. The van der Waals surface area contributed by atoms with Crippen LogP contribution >= 0.6 is 0 Å². The number of carbonyl (C=O) groups is 2. The molecule has 154 valence electrons. The number of rotatable bonds is 6. The summed E-state index contributed by atoms with van der Waals surface area (Å²) in [6.07, 6.45) is 1.81. The van der Waals surface area contributed by atoms with Crippen molar-refractivity contribution in [3.05, 3.63) is 42.4 Å². The molecule has 0 radical (unpaired) electrons. The van der Waals surface area contributed by atoms with Crippen LogP contribution in [0.3, 0.4) is 0 Å². The molecule has 2 aliphatic heterocycles. The van der Waals surface area contributed by atoms with Crippen LogP contribution < -0.4 is 19.7 Å². The largest absolute Gasteiger partial charge is 0.486 e. The van der Waals surface area contributed by atoms with Gasteiger partial charge in [0.1, 0.15) is 19.0 Å². The van der Waals surface area contributed by atoms with Crippen LogP contribution in [0.5, 0.6) is 11.5 Å². The summed E-state index contributed by atoms with van der Waals surface area (Å²) in [5.74, 6) is 1.50. The first-order chi connectivity index (χ1) is 14.0. The minimum atomic E-state index is -0.393. The summed E-state index contributed by atoms with van der Waals surface area (Å²) in [5, 5.41) is 2.97. The van der Waals surface area contributed by atoms with Crippen LogP contribution in [-0.2, 0) is 9.59 Å². The number of anilines is 1. The summed E-state index contributed by atoms with van der Waals surface area (Å²) >= 11 is 0. The standard InChI is InChI=1S/C21H25N3O5/c1-23(2)16(17-4-3-7-27-17)12-22-21(26)14-10-20(25)24(13-14)15-5-6-18-19(11-15)29-9-8-28-18/h3-7,11,14,16H,8-10,12-13H2,1-2H3,(H,22,26)/t14-,16-/m1/s1. The fourth-order valence-electron chi connectivity index (χ4n) is 3.69. The highest BCUT2D eigenvalue weighted by Crippen LogP contribution is 2.36.